The van der Waals surface area contributed by atoms with Crippen molar-refractivity contribution in [3.63, 3.8) is 0 Å². The Labute approximate surface area is 127 Å². The minimum Gasteiger partial charge on any atom is -0.286 e. The lowest BCUT2D eigenvalue weighted by molar-refractivity contribution is -0.711. The quantitative estimate of drug-likeness (QED) is 0.377. The molecule has 2 amide bonds. The van der Waals surface area contributed by atoms with Gasteiger partial charge in [-0.05, 0) is 11.4 Å². The molecule has 108 valence electrons. The zero-order valence-electron chi connectivity index (χ0n) is 11.7. The lowest BCUT2D eigenvalue weighted by atomic mass is 9.81. The molecule has 1 aliphatic heterocycles. The second-order valence-electron chi connectivity index (χ2n) is 5.01. The Bertz CT molecular complexity index is 765. The van der Waals surface area contributed by atoms with Gasteiger partial charge in [-0.25, -0.2) is 0 Å². The van der Waals surface area contributed by atoms with Crippen LogP contribution in [0, 0.1) is 5.41 Å². The minimum absolute atomic E-state index is 0.159. The Morgan fingerprint density at radius 2 is 1.64 bits per heavy atom. The molecule has 5 heteroatoms. The van der Waals surface area contributed by atoms with E-state index >= 15 is 0 Å². The summed E-state index contributed by atoms with van der Waals surface area (Å²) in [5.41, 5.74) is 0.967. The smallest absolute Gasteiger partial charge is 0.286 e. The van der Waals surface area contributed by atoms with Crippen molar-refractivity contribution in [3.8, 4) is 0 Å². The van der Waals surface area contributed by atoms with E-state index in [1.807, 2.05) is 48.5 Å². The molecular weight excluding hydrogens is 278 g/mol. The summed E-state index contributed by atoms with van der Waals surface area (Å²) in [5.74, 6) is 0.742. The van der Waals surface area contributed by atoms with Crippen molar-refractivity contribution in [3.05, 3.63) is 72.1 Å². The second kappa shape index (κ2) is 5.76. The third kappa shape index (κ3) is 2.34. The molecule has 0 saturated carbocycles. The number of benzene rings is 1. The SMILES string of the molecule is N=C=C1C(=O)NC(=O)[C@H]([n+]2ccccc2)[C@H]1c1ccccc1. The van der Waals surface area contributed by atoms with Gasteiger partial charge in [0.25, 0.3) is 11.8 Å². The van der Waals surface area contributed by atoms with Crippen LogP contribution in [0.4, 0.5) is 0 Å². The van der Waals surface area contributed by atoms with E-state index in [1.165, 1.54) is 0 Å². The van der Waals surface area contributed by atoms with Crippen LogP contribution in [0.3, 0.4) is 0 Å². The Kier molecular flexibility index (Phi) is 3.64. The van der Waals surface area contributed by atoms with Gasteiger partial charge in [-0.3, -0.25) is 20.3 Å². The number of carbonyl (C=O) groups excluding carboxylic acids is 2. The highest BCUT2D eigenvalue weighted by Gasteiger charge is 2.47. The molecule has 1 aromatic heterocycles. The highest BCUT2D eigenvalue weighted by Crippen LogP contribution is 2.34. The van der Waals surface area contributed by atoms with Crippen molar-refractivity contribution in [1.82, 2.24) is 5.32 Å². The number of pyridine rings is 1. The van der Waals surface area contributed by atoms with Crippen LogP contribution in [-0.4, -0.2) is 17.7 Å². The number of piperidine rings is 1. The zero-order valence-corrected chi connectivity index (χ0v) is 11.7. The number of imide groups is 1. The summed E-state index contributed by atoms with van der Waals surface area (Å²) in [4.78, 5) is 24.4. The maximum atomic E-state index is 12.4. The number of carbonyl (C=O) groups is 2. The number of hydrogen-bond acceptors (Lipinski definition) is 3. The highest BCUT2D eigenvalue weighted by molar-refractivity contribution is 6.13. The fourth-order valence-corrected chi connectivity index (χ4v) is 2.75. The summed E-state index contributed by atoms with van der Waals surface area (Å²) in [7, 11) is 0. The summed E-state index contributed by atoms with van der Waals surface area (Å²) in [6, 6.07) is 14.1. The molecule has 1 aromatic carbocycles. The number of aromatic nitrogens is 1. The third-order valence-electron chi connectivity index (χ3n) is 3.73. The summed E-state index contributed by atoms with van der Waals surface area (Å²) in [5, 5.41) is 9.77. The van der Waals surface area contributed by atoms with Crippen molar-refractivity contribution >= 4 is 17.7 Å². The van der Waals surface area contributed by atoms with Gasteiger partial charge in [0, 0.05) is 12.1 Å². The van der Waals surface area contributed by atoms with Crippen LogP contribution < -0.4 is 9.88 Å². The number of amides is 2. The molecular formula is C17H14N3O2+. The van der Waals surface area contributed by atoms with Gasteiger partial charge in [0.15, 0.2) is 12.4 Å². The van der Waals surface area contributed by atoms with Crippen molar-refractivity contribution in [2.24, 2.45) is 0 Å². The van der Waals surface area contributed by atoms with E-state index in [0.29, 0.717) is 0 Å². The fraction of sp³-hybridized carbons (Fsp3) is 0.118. The molecule has 1 fully saturated rings. The Morgan fingerprint density at radius 1 is 1.00 bits per heavy atom. The average Bonchev–Trinajstić information content (AvgIpc) is 2.56. The largest absolute Gasteiger partial charge is 0.296 e. The monoisotopic (exact) mass is 292 g/mol. The molecule has 2 heterocycles. The summed E-state index contributed by atoms with van der Waals surface area (Å²) < 4.78 is 1.75. The van der Waals surface area contributed by atoms with Crippen LogP contribution in [-0.2, 0) is 9.59 Å². The number of nitrogens with zero attached hydrogens (tertiary/aromatic N) is 1. The topological polar surface area (TPSA) is 73.9 Å². The normalized spacial score (nSPS) is 21.2. The first kappa shape index (κ1) is 13.9. The first-order chi connectivity index (χ1) is 10.7. The second-order valence-corrected chi connectivity index (χ2v) is 5.01. The van der Waals surface area contributed by atoms with E-state index in [9.17, 15) is 9.59 Å². The molecule has 1 saturated heterocycles. The molecule has 0 radical (unpaired) electrons. The van der Waals surface area contributed by atoms with Crippen LogP contribution in [0.5, 0.6) is 0 Å². The van der Waals surface area contributed by atoms with E-state index in [1.54, 1.807) is 17.0 Å². The van der Waals surface area contributed by atoms with E-state index in [-0.39, 0.29) is 11.5 Å². The molecule has 22 heavy (non-hydrogen) atoms. The van der Waals surface area contributed by atoms with Crippen LogP contribution in [0.2, 0.25) is 0 Å². The van der Waals surface area contributed by atoms with E-state index in [2.05, 4.69) is 11.2 Å². The summed E-state index contributed by atoms with van der Waals surface area (Å²) >= 11 is 0. The maximum absolute atomic E-state index is 12.4. The highest BCUT2D eigenvalue weighted by atomic mass is 16.2. The van der Waals surface area contributed by atoms with Gasteiger partial charge >= 0.3 is 0 Å². The molecule has 0 unspecified atom stereocenters. The molecule has 3 rings (SSSR count). The minimum atomic E-state index is -0.630. The van der Waals surface area contributed by atoms with E-state index in [4.69, 9.17) is 5.41 Å². The van der Waals surface area contributed by atoms with Gasteiger partial charge in [0.2, 0.25) is 6.04 Å². The van der Waals surface area contributed by atoms with Crippen LogP contribution in [0.15, 0.2) is 66.5 Å². The molecule has 1 aliphatic rings. The van der Waals surface area contributed by atoms with E-state index in [0.717, 1.165) is 5.56 Å². The van der Waals surface area contributed by atoms with Gasteiger partial charge in [0.05, 0.1) is 11.5 Å². The Hall–Kier alpha value is -3.04. The molecule has 2 atom stereocenters. The van der Waals surface area contributed by atoms with Crippen molar-refractivity contribution in [2.75, 3.05) is 0 Å². The molecule has 2 N–H and O–H groups in total. The first-order valence-electron chi connectivity index (χ1n) is 6.88. The third-order valence-corrected chi connectivity index (χ3v) is 3.73. The van der Waals surface area contributed by atoms with Crippen molar-refractivity contribution in [1.29, 1.82) is 5.41 Å². The fourth-order valence-electron chi connectivity index (χ4n) is 2.75. The molecule has 5 nitrogen and oxygen atoms in total. The predicted octanol–water partition coefficient (Wildman–Crippen LogP) is 1.13. The van der Waals surface area contributed by atoms with Crippen molar-refractivity contribution in [2.45, 2.75) is 12.0 Å². The molecule has 0 spiro atoms. The Morgan fingerprint density at radius 3 is 2.27 bits per heavy atom. The molecule has 0 bridgehead atoms. The maximum Gasteiger partial charge on any atom is 0.296 e. The van der Waals surface area contributed by atoms with Gasteiger partial charge < -0.3 is 0 Å². The number of rotatable bonds is 2. The van der Waals surface area contributed by atoms with Crippen molar-refractivity contribution < 1.29 is 14.2 Å². The molecule has 0 aliphatic carbocycles. The summed E-state index contributed by atoms with van der Waals surface area (Å²) in [6.07, 6.45) is 3.55. The van der Waals surface area contributed by atoms with Crippen LogP contribution in [0.25, 0.3) is 0 Å². The van der Waals surface area contributed by atoms with Gasteiger partial charge in [-0.15, -0.1) is 0 Å². The first-order valence-corrected chi connectivity index (χ1v) is 6.88. The lowest BCUT2D eigenvalue weighted by Gasteiger charge is -2.27. The number of hydrogen-bond donors (Lipinski definition) is 2. The molecule has 2 aromatic rings. The average molecular weight is 292 g/mol. The van der Waals surface area contributed by atoms with Gasteiger partial charge in [0.1, 0.15) is 0 Å². The van der Waals surface area contributed by atoms with E-state index < -0.39 is 17.9 Å². The lowest BCUT2D eigenvalue weighted by Crippen LogP contribution is -2.57. The van der Waals surface area contributed by atoms with Gasteiger partial charge in [-0.2, -0.15) is 4.57 Å². The standard InChI is InChI=1S/C17H13N3O2/c18-11-13-14(12-7-3-1-4-8-12)15(17(22)19-16(13)21)20-9-5-2-6-10-20/h1-10,14-15,18H/p+1/t14-,15+/m0/s1. The van der Waals surface area contributed by atoms with Crippen LogP contribution in [0.1, 0.15) is 17.5 Å². The van der Waals surface area contributed by atoms with Gasteiger partial charge in [-0.1, -0.05) is 36.4 Å². The Balaban J connectivity index is 2.18. The summed E-state index contributed by atoms with van der Waals surface area (Å²) in [6.45, 7) is 0. The number of nitrogens with one attached hydrogen (secondary N) is 2. The van der Waals surface area contributed by atoms with Crippen LogP contribution >= 0.6 is 0 Å². The predicted molar refractivity (Wildman–Crippen MR) is 79.2 cm³/mol. The zero-order chi connectivity index (χ0) is 15.5.